The van der Waals surface area contributed by atoms with E-state index >= 15 is 0 Å². The molecular weight excluding hydrogens is 360 g/mol. The molecule has 0 aromatic carbocycles. The molecule has 0 bridgehead atoms. The number of carbonyl (C=O) groups excluding carboxylic acids is 3. The summed E-state index contributed by atoms with van der Waals surface area (Å²) in [7, 11) is 0. The summed E-state index contributed by atoms with van der Waals surface area (Å²) in [4.78, 5) is 43.9. The maximum atomic E-state index is 13.1. The van der Waals surface area contributed by atoms with E-state index in [-0.39, 0.29) is 35.8 Å². The van der Waals surface area contributed by atoms with Crippen molar-refractivity contribution in [2.45, 2.75) is 57.2 Å². The van der Waals surface area contributed by atoms with E-state index in [1.54, 1.807) is 4.90 Å². The SMILES string of the molecule is CC(=O)N1CC(N(CC2CCCO2)C(=O)C2CC2)CC1C(=O)N1CCNCC1. The lowest BCUT2D eigenvalue weighted by Gasteiger charge is -2.32. The largest absolute Gasteiger partial charge is 0.376 e. The molecule has 8 heteroatoms. The lowest BCUT2D eigenvalue weighted by atomic mass is 10.1. The Morgan fingerprint density at radius 1 is 1.14 bits per heavy atom. The molecule has 0 radical (unpaired) electrons. The number of ether oxygens (including phenoxy) is 1. The van der Waals surface area contributed by atoms with Crippen LogP contribution in [0, 0.1) is 5.92 Å². The van der Waals surface area contributed by atoms with E-state index in [9.17, 15) is 14.4 Å². The summed E-state index contributed by atoms with van der Waals surface area (Å²) in [5.41, 5.74) is 0. The first-order chi connectivity index (χ1) is 13.5. The van der Waals surface area contributed by atoms with Crippen molar-refractivity contribution in [2.75, 3.05) is 45.9 Å². The van der Waals surface area contributed by atoms with Crippen LogP contribution in [0.4, 0.5) is 0 Å². The second-order valence-electron chi connectivity index (χ2n) is 8.55. The van der Waals surface area contributed by atoms with Crippen molar-refractivity contribution in [2.24, 2.45) is 5.92 Å². The van der Waals surface area contributed by atoms with Gasteiger partial charge in [-0.25, -0.2) is 0 Å². The summed E-state index contributed by atoms with van der Waals surface area (Å²) in [6.07, 6.45) is 4.52. The number of nitrogens with zero attached hydrogens (tertiary/aromatic N) is 3. The van der Waals surface area contributed by atoms with Crippen LogP contribution >= 0.6 is 0 Å². The molecule has 3 unspecified atom stereocenters. The quantitative estimate of drug-likeness (QED) is 0.702. The molecule has 3 atom stereocenters. The number of hydrogen-bond donors (Lipinski definition) is 1. The number of hydrogen-bond acceptors (Lipinski definition) is 5. The third kappa shape index (κ3) is 4.17. The molecule has 4 fully saturated rings. The van der Waals surface area contributed by atoms with Crippen molar-refractivity contribution in [1.29, 1.82) is 0 Å². The minimum atomic E-state index is -0.459. The number of nitrogens with one attached hydrogen (secondary N) is 1. The highest BCUT2D eigenvalue weighted by Gasteiger charge is 2.46. The molecule has 3 aliphatic heterocycles. The first-order valence-electron chi connectivity index (χ1n) is 10.7. The van der Waals surface area contributed by atoms with E-state index in [1.807, 2.05) is 9.80 Å². The lowest BCUT2D eigenvalue weighted by molar-refractivity contribution is -0.143. The summed E-state index contributed by atoms with van der Waals surface area (Å²) in [5, 5.41) is 3.25. The monoisotopic (exact) mass is 392 g/mol. The van der Waals surface area contributed by atoms with E-state index in [2.05, 4.69) is 5.32 Å². The van der Waals surface area contributed by atoms with Crippen molar-refractivity contribution in [1.82, 2.24) is 20.0 Å². The van der Waals surface area contributed by atoms with Crippen molar-refractivity contribution in [3.8, 4) is 0 Å². The minimum Gasteiger partial charge on any atom is -0.376 e. The van der Waals surface area contributed by atoms with Gasteiger partial charge in [-0.1, -0.05) is 0 Å². The maximum absolute atomic E-state index is 13.1. The molecule has 1 saturated carbocycles. The minimum absolute atomic E-state index is 0.0233. The van der Waals surface area contributed by atoms with Crippen molar-refractivity contribution in [3.05, 3.63) is 0 Å². The maximum Gasteiger partial charge on any atom is 0.245 e. The predicted molar refractivity (Wildman–Crippen MR) is 102 cm³/mol. The third-order valence-electron chi connectivity index (χ3n) is 6.47. The predicted octanol–water partition coefficient (Wildman–Crippen LogP) is -0.175. The molecule has 28 heavy (non-hydrogen) atoms. The average molecular weight is 393 g/mol. The molecule has 4 aliphatic rings. The van der Waals surface area contributed by atoms with E-state index in [4.69, 9.17) is 4.74 Å². The molecule has 1 N–H and O–H groups in total. The van der Waals surface area contributed by atoms with Gasteiger partial charge in [-0.15, -0.1) is 0 Å². The topological polar surface area (TPSA) is 82.2 Å². The normalized spacial score (nSPS) is 30.5. The molecule has 0 aromatic rings. The van der Waals surface area contributed by atoms with E-state index in [0.717, 1.165) is 45.4 Å². The Bertz CT molecular complexity index is 611. The van der Waals surface area contributed by atoms with Crippen LogP contribution in [0.3, 0.4) is 0 Å². The van der Waals surface area contributed by atoms with Gasteiger partial charge in [0.15, 0.2) is 0 Å². The summed E-state index contributed by atoms with van der Waals surface area (Å²) in [6, 6.07) is -0.558. The highest BCUT2D eigenvalue weighted by molar-refractivity contribution is 5.88. The van der Waals surface area contributed by atoms with Gasteiger partial charge in [-0.05, 0) is 32.1 Å². The molecule has 3 amide bonds. The van der Waals surface area contributed by atoms with Crippen LogP contribution in [0.2, 0.25) is 0 Å². The van der Waals surface area contributed by atoms with Gasteiger partial charge in [0.2, 0.25) is 17.7 Å². The van der Waals surface area contributed by atoms with Crippen LogP contribution < -0.4 is 5.32 Å². The number of amides is 3. The number of carbonyl (C=O) groups is 3. The zero-order chi connectivity index (χ0) is 19.7. The van der Waals surface area contributed by atoms with Gasteiger partial charge < -0.3 is 24.8 Å². The van der Waals surface area contributed by atoms with E-state index < -0.39 is 6.04 Å². The number of likely N-dealkylation sites (tertiary alicyclic amines) is 1. The van der Waals surface area contributed by atoms with Crippen LogP contribution in [-0.2, 0) is 19.1 Å². The zero-order valence-corrected chi connectivity index (χ0v) is 16.8. The summed E-state index contributed by atoms with van der Waals surface area (Å²) < 4.78 is 5.78. The van der Waals surface area contributed by atoms with Crippen molar-refractivity contribution < 1.29 is 19.1 Å². The van der Waals surface area contributed by atoms with Gasteiger partial charge in [-0.2, -0.15) is 0 Å². The fourth-order valence-electron chi connectivity index (χ4n) is 4.71. The Hall–Kier alpha value is -1.67. The van der Waals surface area contributed by atoms with Crippen LogP contribution in [0.25, 0.3) is 0 Å². The average Bonchev–Trinajstić information content (AvgIpc) is 3.25. The smallest absolute Gasteiger partial charge is 0.245 e. The van der Waals surface area contributed by atoms with Crippen molar-refractivity contribution >= 4 is 17.7 Å². The van der Waals surface area contributed by atoms with Crippen molar-refractivity contribution in [3.63, 3.8) is 0 Å². The zero-order valence-electron chi connectivity index (χ0n) is 16.8. The Kier molecular flexibility index (Phi) is 5.87. The summed E-state index contributed by atoms with van der Waals surface area (Å²) >= 11 is 0. The fourth-order valence-corrected chi connectivity index (χ4v) is 4.71. The van der Waals surface area contributed by atoms with Gasteiger partial charge >= 0.3 is 0 Å². The third-order valence-corrected chi connectivity index (χ3v) is 6.47. The summed E-state index contributed by atoms with van der Waals surface area (Å²) in [5.74, 6) is 0.233. The van der Waals surface area contributed by atoms with E-state index in [0.29, 0.717) is 32.6 Å². The Morgan fingerprint density at radius 2 is 1.89 bits per heavy atom. The first kappa shape index (κ1) is 19.6. The molecule has 1 aliphatic carbocycles. The van der Waals surface area contributed by atoms with Gasteiger partial charge in [-0.3, -0.25) is 14.4 Å². The molecule has 8 nitrogen and oxygen atoms in total. The Labute approximate surface area is 166 Å². The highest BCUT2D eigenvalue weighted by atomic mass is 16.5. The molecular formula is C20H32N4O4. The van der Waals surface area contributed by atoms with Crippen LogP contribution in [0.15, 0.2) is 0 Å². The second-order valence-corrected chi connectivity index (χ2v) is 8.55. The molecule has 156 valence electrons. The van der Waals surface area contributed by atoms with Gasteiger partial charge in [0, 0.05) is 58.7 Å². The van der Waals surface area contributed by atoms with Crippen LogP contribution in [0.1, 0.15) is 39.0 Å². The van der Waals surface area contributed by atoms with Crippen LogP contribution in [0.5, 0.6) is 0 Å². The summed E-state index contributed by atoms with van der Waals surface area (Å²) in [6.45, 7) is 6.22. The Balaban J connectivity index is 1.49. The molecule has 0 spiro atoms. The first-order valence-corrected chi connectivity index (χ1v) is 10.7. The van der Waals surface area contributed by atoms with Gasteiger partial charge in [0.05, 0.1) is 12.1 Å². The van der Waals surface area contributed by atoms with Gasteiger partial charge in [0.25, 0.3) is 0 Å². The molecule has 3 heterocycles. The molecule has 0 aromatic heterocycles. The fraction of sp³-hybridized carbons (Fsp3) is 0.850. The second kappa shape index (κ2) is 8.37. The van der Waals surface area contributed by atoms with Gasteiger partial charge in [0.1, 0.15) is 6.04 Å². The highest BCUT2D eigenvalue weighted by Crippen LogP contribution is 2.34. The number of rotatable bonds is 5. The molecule has 3 saturated heterocycles. The van der Waals surface area contributed by atoms with E-state index in [1.165, 1.54) is 6.92 Å². The standard InChI is InChI=1S/C20H32N4O4/c1-14(25)23-12-16(11-18(23)20(27)22-8-6-21-7-9-22)24(19(26)15-4-5-15)13-17-3-2-10-28-17/h15-18,21H,2-13H2,1H3. The number of piperazine rings is 1. The lowest BCUT2D eigenvalue weighted by Crippen LogP contribution is -2.53. The molecule has 4 rings (SSSR count). The van der Waals surface area contributed by atoms with Crippen LogP contribution in [-0.4, -0.2) is 96.5 Å². The Morgan fingerprint density at radius 3 is 2.50 bits per heavy atom.